The van der Waals surface area contributed by atoms with Crippen molar-refractivity contribution in [2.24, 2.45) is 5.16 Å². The first-order valence-electron chi connectivity index (χ1n) is 4.07. The number of benzene rings is 1. The maximum atomic E-state index is 12.8. The first-order valence-corrected chi connectivity index (χ1v) is 6.13. The molecule has 4 nitrogen and oxygen atoms in total. The summed E-state index contributed by atoms with van der Waals surface area (Å²) in [4.78, 5) is 0. The normalized spacial score (nSPS) is 12.8. The topological polar surface area (TPSA) is 66.7 Å². The van der Waals surface area contributed by atoms with E-state index in [-0.39, 0.29) is 11.3 Å². The second-order valence-electron chi connectivity index (χ2n) is 3.13. The summed E-state index contributed by atoms with van der Waals surface area (Å²) >= 11 is 0. The summed E-state index contributed by atoms with van der Waals surface area (Å²) in [7, 11) is -3.31. The van der Waals surface area contributed by atoms with Gasteiger partial charge in [0.25, 0.3) is 0 Å². The van der Waals surface area contributed by atoms with Gasteiger partial charge in [0.05, 0.1) is 5.75 Å². The van der Waals surface area contributed by atoms with Crippen LogP contribution in [-0.4, -0.2) is 31.3 Å². The highest BCUT2D eigenvalue weighted by Gasteiger charge is 2.12. The Morgan fingerprint density at radius 1 is 1.53 bits per heavy atom. The van der Waals surface area contributed by atoms with Crippen molar-refractivity contribution in [3.05, 3.63) is 35.6 Å². The van der Waals surface area contributed by atoms with E-state index >= 15 is 0 Å². The average molecular weight is 231 g/mol. The van der Waals surface area contributed by atoms with E-state index in [0.29, 0.717) is 0 Å². The highest BCUT2D eigenvalue weighted by atomic mass is 32.2. The number of halogens is 1. The zero-order valence-corrected chi connectivity index (χ0v) is 8.83. The van der Waals surface area contributed by atoms with E-state index in [1.165, 1.54) is 18.2 Å². The number of sulfone groups is 1. The third kappa shape index (κ3) is 3.67. The summed E-state index contributed by atoms with van der Waals surface area (Å²) in [6, 6.07) is 5.22. The summed E-state index contributed by atoms with van der Waals surface area (Å²) < 4.78 is 34.8. The molecule has 0 bridgehead atoms. The molecule has 0 saturated heterocycles. The molecule has 0 aliphatic heterocycles. The molecule has 0 aliphatic carbocycles. The van der Waals surface area contributed by atoms with Crippen molar-refractivity contribution in [1.29, 1.82) is 0 Å². The van der Waals surface area contributed by atoms with E-state index in [0.717, 1.165) is 12.3 Å². The second kappa shape index (κ2) is 4.39. The fraction of sp³-hybridized carbons (Fsp3) is 0.222. The maximum absolute atomic E-state index is 12.8. The molecular formula is C9H10FNO3S. The number of oxime groups is 1. The number of hydrogen-bond donors (Lipinski definition) is 1. The minimum atomic E-state index is -3.31. The van der Waals surface area contributed by atoms with Crippen LogP contribution >= 0.6 is 0 Å². The average Bonchev–Trinajstić information content (AvgIpc) is 2.13. The highest BCUT2D eigenvalue weighted by molar-refractivity contribution is 7.91. The van der Waals surface area contributed by atoms with Crippen LogP contribution in [0.2, 0.25) is 0 Å². The van der Waals surface area contributed by atoms with Crippen LogP contribution in [-0.2, 0) is 9.84 Å². The maximum Gasteiger partial charge on any atom is 0.153 e. The number of hydrogen-bond acceptors (Lipinski definition) is 4. The molecule has 1 aromatic rings. The van der Waals surface area contributed by atoms with Crippen LogP contribution in [0.3, 0.4) is 0 Å². The van der Waals surface area contributed by atoms with Gasteiger partial charge in [0, 0.05) is 11.8 Å². The minimum absolute atomic E-state index is 0.0722. The molecule has 82 valence electrons. The lowest BCUT2D eigenvalue weighted by atomic mass is 10.1. The smallest absolute Gasteiger partial charge is 0.153 e. The minimum Gasteiger partial charge on any atom is -0.411 e. The lowest BCUT2D eigenvalue weighted by Crippen LogP contribution is -2.15. The Morgan fingerprint density at radius 2 is 2.20 bits per heavy atom. The van der Waals surface area contributed by atoms with Gasteiger partial charge in [-0.2, -0.15) is 0 Å². The van der Waals surface area contributed by atoms with Crippen molar-refractivity contribution in [1.82, 2.24) is 0 Å². The zero-order chi connectivity index (χ0) is 11.5. The second-order valence-corrected chi connectivity index (χ2v) is 5.27. The van der Waals surface area contributed by atoms with E-state index in [1.807, 2.05) is 0 Å². The Balaban J connectivity index is 3.05. The summed E-state index contributed by atoms with van der Waals surface area (Å²) in [5, 5.41) is 11.5. The lowest BCUT2D eigenvalue weighted by Gasteiger charge is -2.02. The fourth-order valence-corrected chi connectivity index (χ4v) is 1.81. The Kier molecular flexibility index (Phi) is 3.41. The van der Waals surface area contributed by atoms with Gasteiger partial charge >= 0.3 is 0 Å². The third-order valence-corrected chi connectivity index (χ3v) is 2.48. The molecule has 6 heteroatoms. The molecule has 1 aromatic carbocycles. The van der Waals surface area contributed by atoms with Crippen LogP contribution in [0.15, 0.2) is 29.4 Å². The first kappa shape index (κ1) is 11.6. The molecule has 0 radical (unpaired) electrons. The third-order valence-electron chi connectivity index (χ3n) is 1.68. The lowest BCUT2D eigenvalue weighted by molar-refractivity contribution is 0.319. The highest BCUT2D eigenvalue weighted by Crippen LogP contribution is 2.06. The summed E-state index contributed by atoms with van der Waals surface area (Å²) in [6.45, 7) is 0. The van der Waals surface area contributed by atoms with Crippen LogP contribution in [0.4, 0.5) is 4.39 Å². The molecular weight excluding hydrogens is 221 g/mol. The van der Waals surface area contributed by atoms with Gasteiger partial charge in [0.2, 0.25) is 0 Å². The molecule has 0 amide bonds. The van der Waals surface area contributed by atoms with Gasteiger partial charge in [0.15, 0.2) is 9.84 Å². The Morgan fingerprint density at radius 3 is 2.67 bits per heavy atom. The Labute approximate surface area is 87.0 Å². The van der Waals surface area contributed by atoms with E-state index in [9.17, 15) is 12.8 Å². The SMILES string of the molecule is CS(=O)(=O)C/C(=N/O)c1cccc(F)c1. The monoisotopic (exact) mass is 231 g/mol. The molecule has 0 aromatic heterocycles. The van der Waals surface area contributed by atoms with E-state index in [1.54, 1.807) is 0 Å². The van der Waals surface area contributed by atoms with Crippen molar-refractivity contribution in [3.8, 4) is 0 Å². The predicted molar refractivity (Wildman–Crippen MR) is 54.4 cm³/mol. The summed E-state index contributed by atoms with van der Waals surface area (Å²) in [6.07, 6.45) is 1.01. The molecule has 0 fully saturated rings. The molecule has 0 spiro atoms. The number of nitrogens with zero attached hydrogens (tertiary/aromatic N) is 1. The van der Waals surface area contributed by atoms with Crippen LogP contribution in [0.25, 0.3) is 0 Å². The Hall–Kier alpha value is -1.43. The predicted octanol–water partition coefficient (Wildman–Crippen LogP) is 1.05. The van der Waals surface area contributed by atoms with Gasteiger partial charge < -0.3 is 5.21 Å². The van der Waals surface area contributed by atoms with Crippen LogP contribution in [0, 0.1) is 5.82 Å². The molecule has 0 atom stereocenters. The van der Waals surface area contributed by atoms with Crippen molar-refractivity contribution >= 4 is 15.5 Å². The van der Waals surface area contributed by atoms with Gasteiger partial charge in [-0.3, -0.25) is 0 Å². The molecule has 0 heterocycles. The summed E-state index contributed by atoms with van der Waals surface area (Å²) in [5.41, 5.74) is 0.180. The van der Waals surface area contributed by atoms with E-state index < -0.39 is 21.4 Å². The Bertz CT molecular complexity index is 482. The van der Waals surface area contributed by atoms with Gasteiger partial charge in [-0.15, -0.1) is 0 Å². The molecule has 15 heavy (non-hydrogen) atoms. The zero-order valence-electron chi connectivity index (χ0n) is 8.01. The van der Waals surface area contributed by atoms with Crippen LogP contribution < -0.4 is 0 Å². The van der Waals surface area contributed by atoms with Crippen molar-refractivity contribution in [2.45, 2.75) is 0 Å². The molecule has 1 N–H and O–H groups in total. The first-order chi connectivity index (χ1) is 6.92. The fourth-order valence-electron chi connectivity index (χ4n) is 1.09. The van der Waals surface area contributed by atoms with Crippen molar-refractivity contribution in [2.75, 3.05) is 12.0 Å². The molecule has 1 rings (SSSR count). The molecule has 0 unspecified atom stereocenters. The van der Waals surface area contributed by atoms with E-state index in [2.05, 4.69) is 5.16 Å². The van der Waals surface area contributed by atoms with Crippen molar-refractivity contribution in [3.63, 3.8) is 0 Å². The van der Waals surface area contributed by atoms with Gasteiger partial charge in [-0.05, 0) is 12.1 Å². The summed E-state index contributed by atoms with van der Waals surface area (Å²) in [5.74, 6) is -0.936. The van der Waals surface area contributed by atoms with Gasteiger partial charge in [0.1, 0.15) is 11.5 Å². The van der Waals surface area contributed by atoms with Crippen LogP contribution in [0.1, 0.15) is 5.56 Å². The largest absolute Gasteiger partial charge is 0.411 e. The van der Waals surface area contributed by atoms with Crippen molar-refractivity contribution < 1.29 is 18.0 Å². The molecule has 0 aliphatic rings. The van der Waals surface area contributed by atoms with Gasteiger partial charge in [-0.25, -0.2) is 12.8 Å². The van der Waals surface area contributed by atoms with Crippen LogP contribution in [0.5, 0.6) is 0 Å². The van der Waals surface area contributed by atoms with E-state index in [4.69, 9.17) is 5.21 Å². The van der Waals surface area contributed by atoms with Gasteiger partial charge in [-0.1, -0.05) is 17.3 Å². The quantitative estimate of drug-likeness (QED) is 0.480. The molecule has 0 saturated carbocycles. The standard InChI is InChI=1S/C9H10FNO3S/c1-15(13,14)6-9(11-12)7-3-2-4-8(10)5-7/h2-5,12H,6H2,1H3/b11-9-. The number of rotatable bonds is 3.